The molecule has 1 unspecified atom stereocenters. The fraction of sp³-hybridized carbons (Fsp3) is 0.625. The zero-order chi connectivity index (χ0) is 16.0. The minimum absolute atomic E-state index is 0. The molecule has 5 nitrogen and oxygen atoms in total. The van der Waals surface area contributed by atoms with Crippen LogP contribution in [0.15, 0.2) is 24.3 Å². The Morgan fingerprint density at radius 1 is 1.09 bits per heavy atom. The molecule has 0 saturated carbocycles. The minimum atomic E-state index is -4.50. The van der Waals surface area contributed by atoms with Gasteiger partial charge in [-0.3, -0.25) is 4.31 Å². The van der Waals surface area contributed by atoms with E-state index in [4.69, 9.17) is 0 Å². The van der Waals surface area contributed by atoms with Gasteiger partial charge in [0, 0.05) is 0 Å². The maximum Gasteiger partial charge on any atom is 1.00 e. The van der Waals surface area contributed by atoms with Gasteiger partial charge in [0.2, 0.25) is 0 Å². The van der Waals surface area contributed by atoms with Crippen molar-refractivity contribution < 1.29 is 64.4 Å². The molecule has 1 atom stereocenters. The zero-order valence-electron chi connectivity index (χ0n) is 14.1. The van der Waals surface area contributed by atoms with E-state index in [1.165, 1.54) is 32.1 Å². The number of hydrogen-bond donors (Lipinski definition) is 1. The quantitative estimate of drug-likeness (QED) is 0.401. The Morgan fingerprint density at radius 3 is 2.35 bits per heavy atom. The minimum Gasteiger partial charge on any atom is -0.731 e. The molecule has 1 aromatic carbocycles. The Labute approximate surface area is 182 Å². The van der Waals surface area contributed by atoms with E-state index in [-0.39, 0.29) is 51.4 Å². The monoisotopic (exact) mass is 364 g/mol. The number of benzene rings is 1. The van der Waals surface area contributed by atoms with E-state index in [0.717, 1.165) is 22.8 Å². The first-order valence-corrected chi connectivity index (χ1v) is 9.51. The van der Waals surface area contributed by atoms with Crippen molar-refractivity contribution in [2.24, 2.45) is 0 Å². The third-order valence-corrected chi connectivity index (χ3v) is 5.00. The van der Waals surface area contributed by atoms with Gasteiger partial charge in [-0.1, -0.05) is 57.6 Å². The van der Waals surface area contributed by atoms with Crippen LogP contribution in [0, 0.1) is 0 Å². The maximum atomic E-state index is 11.5. The van der Waals surface area contributed by atoms with Crippen molar-refractivity contribution in [2.45, 2.75) is 64.5 Å². The molecule has 0 spiro atoms. The van der Waals surface area contributed by atoms with Crippen LogP contribution < -0.4 is 61.0 Å². The van der Waals surface area contributed by atoms with Crippen LogP contribution in [0.2, 0.25) is 0 Å². The van der Waals surface area contributed by atoms with Crippen LogP contribution in [0.3, 0.4) is 0 Å². The van der Waals surface area contributed by atoms with Crippen LogP contribution in [-0.4, -0.2) is 19.1 Å². The van der Waals surface area contributed by atoms with E-state index in [1.54, 1.807) is 18.2 Å². The van der Waals surface area contributed by atoms with Gasteiger partial charge in [0.25, 0.3) is 0 Å². The van der Waals surface area contributed by atoms with E-state index in [9.17, 15) is 13.0 Å². The van der Waals surface area contributed by atoms with Crippen LogP contribution in [0.5, 0.6) is 0 Å². The molecule has 2 rings (SSSR count). The predicted molar refractivity (Wildman–Crippen MR) is 88.6 cm³/mol. The average Bonchev–Trinajstić information content (AvgIpc) is 2.84. The first-order chi connectivity index (χ1) is 10.5. The molecule has 1 aliphatic heterocycles. The second kappa shape index (κ2) is 10.4. The average molecular weight is 365 g/mol. The summed E-state index contributed by atoms with van der Waals surface area (Å²) in [5.74, 6) is 0. The molecule has 124 valence electrons. The van der Waals surface area contributed by atoms with Gasteiger partial charge in [0.1, 0.15) is 6.17 Å². The summed E-state index contributed by atoms with van der Waals surface area (Å²) in [6.07, 6.45) is 8.39. The van der Waals surface area contributed by atoms with Gasteiger partial charge in [-0.2, -0.15) is 0 Å². The fourth-order valence-corrected chi connectivity index (χ4v) is 3.82. The summed E-state index contributed by atoms with van der Waals surface area (Å²) in [6, 6.07) is 7.05. The van der Waals surface area contributed by atoms with Gasteiger partial charge in [0.15, 0.2) is 10.3 Å². The summed E-state index contributed by atoms with van der Waals surface area (Å²) < 4.78 is 35.6. The molecule has 0 saturated heterocycles. The van der Waals surface area contributed by atoms with Crippen molar-refractivity contribution in [2.75, 3.05) is 9.62 Å². The molecular weight excluding hydrogens is 339 g/mol. The molecule has 0 aromatic heterocycles. The summed E-state index contributed by atoms with van der Waals surface area (Å²) in [7, 11) is -4.50. The molecule has 7 heteroatoms. The number of para-hydroxylation sites is 2. The van der Waals surface area contributed by atoms with Crippen molar-refractivity contribution >= 4 is 21.7 Å². The Bertz CT molecular complexity index is 580. The van der Waals surface area contributed by atoms with Crippen molar-refractivity contribution in [3.63, 3.8) is 0 Å². The number of hydrogen-bond acceptors (Lipinski definition) is 4. The second-order valence-electron chi connectivity index (χ2n) is 5.84. The molecule has 0 aliphatic carbocycles. The van der Waals surface area contributed by atoms with Gasteiger partial charge in [-0.05, 0) is 25.0 Å². The number of rotatable bonds is 9. The van der Waals surface area contributed by atoms with Gasteiger partial charge in [-0.25, -0.2) is 8.42 Å². The Kier molecular flexibility index (Phi) is 9.66. The largest absolute Gasteiger partial charge is 1.00 e. The first kappa shape index (κ1) is 21.4. The Hall–Kier alpha value is 0.366. The van der Waals surface area contributed by atoms with E-state index in [2.05, 4.69) is 12.2 Å². The molecular formula is C16H25KN2O3S. The summed E-state index contributed by atoms with van der Waals surface area (Å²) in [5, 5.41) is 3.15. The standard InChI is InChI=1S/C16H26N2O3S.K/c1-2-3-4-5-6-7-8-13-16-17-14-11-9-10-12-15(14)18(16)22(19,20)21;/h9-12,16-17H,2-8,13H2,1H3,(H,19,20,21);/q;+1/p-1. The molecule has 1 aromatic rings. The van der Waals surface area contributed by atoms with Crippen LogP contribution in [0.1, 0.15) is 58.3 Å². The molecule has 23 heavy (non-hydrogen) atoms. The number of fused-ring (bicyclic) bond motifs is 1. The van der Waals surface area contributed by atoms with E-state index in [0.29, 0.717) is 12.1 Å². The maximum absolute atomic E-state index is 11.5. The summed E-state index contributed by atoms with van der Waals surface area (Å²) >= 11 is 0. The first-order valence-electron chi connectivity index (χ1n) is 8.15. The summed E-state index contributed by atoms with van der Waals surface area (Å²) in [6.45, 7) is 2.20. The molecule has 0 radical (unpaired) electrons. The zero-order valence-corrected chi connectivity index (χ0v) is 18.1. The molecule has 0 bridgehead atoms. The summed E-state index contributed by atoms with van der Waals surface area (Å²) in [5.41, 5.74) is 1.18. The number of unbranched alkanes of at least 4 members (excludes halogenated alkanes) is 6. The molecule has 0 amide bonds. The van der Waals surface area contributed by atoms with Crippen molar-refractivity contribution in [3.8, 4) is 0 Å². The molecule has 1 heterocycles. The van der Waals surface area contributed by atoms with Gasteiger partial charge in [-0.15, -0.1) is 0 Å². The molecule has 1 aliphatic rings. The topological polar surface area (TPSA) is 72.5 Å². The Morgan fingerprint density at radius 2 is 1.70 bits per heavy atom. The predicted octanol–water partition coefficient (Wildman–Crippen LogP) is 0.850. The van der Waals surface area contributed by atoms with E-state index >= 15 is 0 Å². The van der Waals surface area contributed by atoms with Gasteiger partial charge < -0.3 is 9.87 Å². The van der Waals surface area contributed by atoms with Gasteiger partial charge >= 0.3 is 51.4 Å². The van der Waals surface area contributed by atoms with Crippen LogP contribution >= 0.6 is 0 Å². The van der Waals surface area contributed by atoms with Crippen molar-refractivity contribution in [1.82, 2.24) is 0 Å². The second-order valence-corrected chi connectivity index (χ2v) is 7.09. The SMILES string of the molecule is CCCCCCCCCC1Nc2ccccc2N1S(=O)(=O)[O-].[K+]. The number of nitrogens with one attached hydrogen (secondary N) is 1. The number of nitrogens with zero attached hydrogens (tertiary/aromatic N) is 1. The van der Waals surface area contributed by atoms with Crippen LogP contribution in [0.25, 0.3) is 0 Å². The fourth-order valence-electron chi connectivity index (χ4n) is 2.95. The van der Waals surface area contributed by atoms with Gasteiger partial charge in [0.05, 0.1) is 11.4 Å². The molecule has 1 N–H and O–H groups in total. The third kappa shape index (κ3) is 6.30. The van der Waals surface area contributed by atoms with Crippen molar-refractivity contribution in [1.29, 1.82) is 0 Å². The smallest absolute Gasteiger partial charge is 0.731 e. The molecule has 0 fully saturated rings. The Balaban J connectivity index is 0.00000264. The number of anilines is 2. The van der Waals surface area contributed by atoms with Crippen LogP contribution in [-0.2, 0) is 10.3 Å². The third-order valence-electron chi connectivity index (χ3n) is 4.07. The van der Waals surface area contributed by atoms with Crippen LogP contribution in [0.4, 0.5) is 11.4 Å². The normalized spacial score (nSPS) is 16.6. The van der Waals surface area contributed by atoms with Crippen molar-refractivity contribution in [3.05, 3.63) is 24.3 Å². The van der Waals surface area contributed by atoms with E-state index in [1.807, 2.05) is 6.07 Å². The summed E-state index contributed by atoms with van der Waals surface area (Å²) in [4.78, 5) is 0. The van der Waals surface area contributed by atoms with E-state index < -0.39 is 16.5 Å².